The molecule has 0 saturated carbocycles. The van der Waals surface area contributed by atoms with E-state index in [1.807, 2.05) is 60.7 Å². The second kappa shape index (κ2) is 8.01. The summed E-state index contributed by atoms with van der Waals surface area (Å²) in [6.07, 6.45) is 3.25. The second-order valence-corrected chi connectivity index (χ2v) is 8.77. The highest BCUT2D eigenvalue weighted by Gasteiger charge is 2.22. The second-order valence-electron chi connectivity index (χ2n) is 6.92. The Kier molecular flexibility index (Phi) is 5.25. The smallest absolute Gasteiger partial charge is 0.248 e. The Morgan fingerprint density at radius 3 is 1.37 bits per heavy atom. The number of benzene rings is 3. The molecule has 0 aliphatic heterocycles. The van der Waals surface area contributed by atoms with Crippen LogP contribution in [0.15, 0.2) is 121 Å². The van der Waals surface area contributed by atoms with E-state index in [1.165, 1.54) is 3.97 Å². The van der Waals surface area contributed by atoms with Crippen molar-refractivity contribution in [1.29, 1.82) is 0 Å². The van der Waals surface area contributed by atoms with Crippen molar-refractivity contribution in [3.05, 3.63) is 139 Å². The summed E-state index contributed by atoms with van der Waals surface area (Å²) in [5, 5.41) is 0. The van der Waals surface area contributed by atoms with Crippen LogP contribution in [-0.4, -0.2) is 12.4 Å². The molecule has 0 amide bonds. The van der Waals surface area contributed by atoms with Gasteiger partial charge >= 0.3 is 0 Å². The summed E-state index contributed by atoms with van der Waals surface area (Å²) in [5.41, 5.74) is 4.79. The quantitative estimate of drug-likeness (QED) is 0.399. The van der Waals surface area contributed by atoms with Crippen molar-refractivity contribution in [2.75, 3.05) is 0 Å². The van der Waals surface area contributed by atoms with Crippen molar-refractivity contribution >= 4 is 21.2 Å². The van der Waals surface area contributed by atoms with Crippen molar-refractivity contribution in [3.63, 3.8) is 0 Å². The van der Waals surface area contributed by atoms with Crippen molar-refractivity contribution in [2.24, 2.45) is 0 Å². The molecule has 0 atom stereocenters. The molecule has 0 fully saturated rings. The Bertz CT molecular complexity index is 1230. The summed E-state index contributed by atoms with van der Waals surface area (Å²) >= 11 is 0. The van der Waals surface area contributed by atoms with Gasteiger partial charge in [-0.25, -0.2) is 12.4 Å². The minimum Gasteiger partial charge on any atom is -0.248 e. The van der Waals surface area contributed by atoms with E-state index in [9.17, 15) is 8.42 Å². The van der Waals surface area contributed by atoms with Gasteiger partial charge in [-0.05, 0) is 34.4 Å². The Hall–Kier alpha value is -3.63. The summed E-state index contributed by atoms with van der Waals surface area (Å²) in [6, 6.07) is 27.8. The fraction of sp³-hybridized carbons (Fsp3) is 0. The van der Waals surface area contributed by atoms with E-state index in [0.29, 0.717) is 0 Å². The van der Waals surface area contributed by atoms with Gasteiger partial charge in [-0.3, -0.25) is 0 Å². The molecular formula is C26H21NO2S. The molecule has 30 heavy (non-hydrogen) atoms. The van der Waals surface area contributed by atoms with Crippen LogP contribution >= 0.6 is 0 Å². The minimum absolute atomic E-state index is 0.230. The average Bonchev–Trinajstić information content (AvgIpc) is 3.26. The number of rotatable bonds is 6. The van der Waals surface area contributed by atoms with Gasteiger partial charge < -0.3 is 0 Å². The third kappa shape index (κ3) is 3.65. The van der Waals surface area contributed by atoms with Gasteiger partial charge in [0.05, 0.1) is 4.90 Å². The molecule has 4 rings (SSSR count). The van der Waals surface area contributed by atoms with E-state index in [4.69, 9.17) is 0 Å². The molecule has 0 N–H and O–H groups in total. The van der Waals surface area contributed by atoms with Crippen LogP contribution in [0.2, 0.25) is 0 Å². The highest BCUT2D eigenvalue weighted by atomic mass is 32.2. The molecule has 3 nitrogen and oxygen atoms in total. The standard InChI is InChI=1S/C26H21NO2S/c1-20(22-12-6-3-7-13-22)25-18-27(30(28,29)24-16-10-5-11-17-24)19-26(25)21(2)23-14-8-4-9-15-23/h3-19H,1-2H2. The van der Waals surface area contributed by atoms with Crippen molar-refractivity contribution in [2.45, 2.75) is 4.90 Å². The zero-order chi connectivity index (χ0) is 21.1. The van der Waals surface area contributed by atoms with Crippen LogP contribution in [0.3, 0.4) is 0 Å². The molecule has 1 aromatic heterocycles. The molecule has 3 aromatic carbocycles. The molecule has 0 radical (unpaired) electrons. The highest BCUT2D eigenvalue weighted by Crippen LogP contribution is 2.33. The maximum absolute atomic E-state index is 13.2. The van der Waals surface area contributed by atoms with Crippen LogP contribution in [0.25, 0.3) is 11.1 Å². The minimum atomic E-state index is -3.74. The summed E-state index contributed by atoms with van der Waals surface area (Å²) in [6.45, 7) is 8.50. The molecule has 148 valence electrons. The van der Waals surface area contributed by atoms with Gasteiger partial charge in [0.25, 0.3) is 10.0 Å². The molecule has 0 saturated heterocycles. The van der Waals surface area contributed by atoms with Crippen LogP contribution in [-0.2, 0) is 10.0 Å². The highest BCUT2D eigenvalue weighted by molar-refractivity contribution is 7.90. The zero-order valence-corrected chi connectivity index (χ0v) is 17.2. The van der Waals surface area contributed by atoms with E-state index in [1.54, 1.807) is 42.7 Å². The van der Waals surface area contributed by atoms with Gasteiger partial charge in [0, 0.05) is 23.5 Å². The van der Waals surface area contributed by atoms with Crippen LogP contribution in [0.1, 0.15) is 22.3 Å². The van der Waals surface area contributed by atoms with E-state index >= 15 is 0 Å². The summed E-state index contributed by atoms with van der Waals surface area (Å²) < 4.78 is 27.7. The lowest BCUT2D eigenvalue weighted by Gasteiger charge is -2.10. The lowest BCUT2D eigenvalue weighted by Crippen LogP contribution is -2.10. The lowest BCUT2D eigenvalue weighted by atomic mass is 9.93. The Morgan fingerprint density at radius 2 is 0.967 bits per heavy atom. The van der Waals surface area contributed by atoms with Crippen LogP contribution in [0, 0.1) is 0 Å². The lowest BCUT2D eigenvalue weighted by molar-refractivity contribution is 0.587. The number of hydrogen-bond donors (Lipinski definition) is 0. The first-order valence-corrected chi connectivity index (χ1v) is 10.9. The van der Waals surface area contributed by atoms with Gasteiger partial charge in [0.15, 0.2) is 0 Å². The molecule has 0 spiro atoms. The predicted molar refractivity (Wildman–Crippen MR) is 123 cm³/mol. The Labute approximate surface area is 177 Å². The van der Waals surface area contributed by atoms with Crippen molar-refractivity contribution < 1.29 is 8.42 Å². The van der Waals surface area contributed by atoms with Crippen LogP contribution in [0.4, 0.5) is 0 Å². The SMILES string of the molecule is C=C(c1ccccc1)c1cn(S(=O)(=O)c2ccccc2)cc1C(=C)c1ccccc1. The first-order chi connectivity index (χ1) is 14.5. The molecule has 0 aliphatic rings. The van der Waals surface area contributed by atoms with E-state index in [2.05, 4.69) is 13.2 Å². The first kappa shape index (κ1) is 19.7. The molecule has 0 aliphatic carbocycles. The third-order valence-electron chi connectivity index (χ3n) is 5.02. The average molecular weight is 412 g/mol. The normalized spacial score (nSPS) is 11.2. The molecule has 4 heteroatoms. The summed E-state index contributed by atoms with van der Waals surface area (Å²) in [7, 11) is -3.74. The monoisotopic (exact) mass is 411 g/mol. The molecule has 1 heterocycles. The van der Waals surface area contributed by atoms with Gasteiger partial charge in [-0.1, -0.05) is 92.0 Å². The summed E-state index contributed by atoms with van der Waals surface area (Å²) in [4.78, 5) is 0.230. The summed E-state index contributed by atoms with van der Waals surface area (Å²) in [5.74, 6) is 0. The predicted octanol–water partition coefficient (Wildman–Crippen LogP) is 5.85. The van der Waals surface area contributed by atoms with Crippen LogP contribution < -0.4 is 0 Å². The van der Waals surface area contributed by atoms with Crippen molar-refractivity contribution in [1.82, 2.24) is 3.97 Å². The Balaban J connectivity index is 1.88. The van der Waals surface area contributed by atoms with Gasteiger partial charge in [-0.15, -0.1) is 0 Å². The first-order valence-electron chi connectivity index (χ1n) is 9.50. The largest absolute Gasteiger partial charge is 0.267 e. The fourth-order valence-electron chi connectivity index (χ4n) is 3.35. The maximum Gasteiger partial charge on any atom is 0.267 e. The van der Waals surface area contributed by atoms with Gasteiger partial charge in [0.2, 0.25) is 0 Å². The number of aromatic nitrogens is 1. The number of hydrogen-bond acceptors (Lipinski definition) is 2. The fourth-order valence-corrected chi connectivity index (χ4v) is 4.59. The van der Waals surface area contributed by atoms with Crippen LogP contribution in [0.5, 0.6) is 0 Å². The molecule has 0 bridgehead atoms. The molecule has 0 unspecified atom stereocenters. The zero-order valence-electron chi connectivity index (χ0n) is 16.4. The van der Waals surface area contributed by atoms with Gasteiger partial charge in [-0.2, -0.15) is 0 Å². The topological polar surface area (TPSA) is 39.1 Å². The number of nitrogens with zero attached hydrogens (tertiary/aromatic N) is 1. The Morgan fingerprint density at radius 1 is 0.600 bits per heavy atom. The van der Waals surface area contributed by atoms with E-state index < -0.39 is 10.0 Å². The van der Waals surface area contributed by atoms with E-state index in [-0.39, 0.29) is 4.90 Å². The molecular weight excluding hydrogens is 390 g/mol. The van der Waals surface area contributed by atoms with Crippen molar-refractivity contribution in [3.8, 4) is 0 Å². The maximum atomic E-state index is 13.2. The molecule has 4 aromatic rings. The third-order valence-corrected chi connectivity index (χ3v) is 6.65. The van der Waals surface area contributed by atoms with E-state index in [0.717, 1.165) is 33.4 Å². The van der Waals surface area contributed by atoms with Gasteiger partial charge in [0.1, 0.15) is 0 Å².